The number of aromatic amines is 1. The van der Waals surface area contributed by atoms with Crippen LogP contribution in [0.15, 0.2) is 27.6 Å². The van der Waals surface area contributed by atoms with Gasteiger partial charge in [0.1, 0.15) is 11.3 Å². The average molecular weight is 482 g/mol. The van der Waals surface area contributed by atoms with Crippen LogP contribution < -0.4 is 20.5 Å². The molecule has 1 aliphatic rings. The van der Waals surface area contributed by atoms with Gasteiger partial charge >= 0.3 is 0 Å². The standard InChI is InChI=1S/C27H35N3O5/c1-6-19-21(30(7-2)18-8-10-34-11-9-18)13-23-24(16(3)15-35-23)25(19)27(32)28-14-20-22(33-5)12-17(4)29-26(20)31/h12-13,15,18H,6-11,14H2,1-5H3,(H,28,32)(H,29,31). The van der Waals surface area contributed by atoms with Crippen molar-refractivity contribution < 1.29 is 18.7 Å². The van der Waals surface area contributed by atoms with Gasteiger partial charge in [-0.25, -0.2) is 0 Å². The topological polar surface area (TPSA) is 96.8 Å². The van der Waals surface area contributed by atoms with Crippen LogP contribution in [0.1, 0.15) is 59.4 Å². The number of fused-ring (bicyclic) bond motifs is 1. The first kappa shape index (κ1) is 24.9. The molecule has 0 saturated carbocycles. The van der Waals surface area contributed by atoms with E-state index in [4.69, 9.17) is 13.9 Å². The lowest BCUT2D eigenvalue weighted by atomic mass is 9.94. The summed E-state index contributed by atoms with van der Waals surface area (Å²) in [7, 11) is 1.52. The third-order valence-corrected chi connectivity index (χ3v) is 6.87. The highest BCUT2D eigenvalue weighted by Gasteiger charge is 2.28. The molecule has 0 spiro atoms. The molecule has 2 N–H and O–H groups in total. The number of nitrogens with zero attached hydrogens (tertiary/aromatic N) is 1. The Hall–Kier alpha value is -3.26. The number of ether oxygens (including phenoxy) is 2. The highest BCUT2D eigenvalue weighted by Crippen LogP contribution is 2.37. The van der Waals surface area contributed by atoms with E-state index in [0.29, 0.717) is 40.6 Å². The van der Waals surface area contributed by atoms with Crippen LogP contribution in [0.2, 0.25) is 0 Å². The van der Waals surface area contributed by atoms with Crippen molar-refractivity contribution in [1.82, 2.24) is 10.3 Å². The summed E-state index contributed by atoms with van der Waals surface area (Å²) in [5, 5.41) is 3.79. The lowest BCUT2D eigenvalue weighted by Gasteiger charge is -2.37. The highest BCUT2D eigenvalue weighted by atomic mass is 16.5. The number of aryl methyl sites for hydroxylation is 2. The predicted molar refractivity (Wildman–Crippen MR) is 137 cm³/mol. The van der Waals surface area contributed by atoms with Gasteiger partial charge < -0.3 is 29.1 Å². The number of benzene rings is 1. The molecule has 1 saturated heterocycles. The summed E-state index contributed by atoms with van der Waals surface area (Å²) in [5.74, 6) is 0.223. The Morgan fingerprint density at radius 3 is 2.60 bits per heavy atom. The molecule has 8 heteroatoms. The van der Waals surface area contributed by atoms with E-state index in [1.807, 2.05) is 6.92 Å². The summed E-state index contributed by atoms with van der Waals surface area (Å²) < 4.78 is 16.9. The van der Waals surface area contributed by atoms with E-state index in [9.17, 15) is 9.59 Å². The molecule has 1 amide bonds. The van der Waals surface area contributed by atoms with Gasteiger partial charge in [-0.2, -0.15) is 0 Å². The second kappa shape index (κ2) is 10.6. The molecular formula is C27H35N3O5. The van der Waals surface area contributed by atoms with E-state index in [1.165, 1.54) is 7.11 Å². The summed E-state index contributed by atoms with van der Waals surface area (Å²) >= 11 is 0. The van der Waals surface area contributed by atoms with E-state index in [0.717, 1.165) is 54.8 Å². The summed E-state index contributed by atoms with van der Waals surface area (Å²) in [5.41, 5.74) is 5.04. The van der Waals surface area contributed by atoms with Gasteiger partial charge in [0.15, 0.2) is 0 Å². The van der Waals surface area contributed by atoms with Crippen molar-refractivity contribution in [3.63, 3.8) is 0 Å². The van der Waals surface area contributed by atoms with Gasteiger partial charge in [-0.1, -0.05) is 6.92 Å². The maximum atomic E-state index is 13.7. The fourth-order valence-electron chi connectivity index (χ4n) is 5.16. The molecule has 35 heavy (non-hydrogen) atoms. The smallest absolute Gasteiger partial charge is 0.256 e. The van der Waals surface area contributed by atoms with E-state index < -0.39 is 0 Å². The van der Waals surface area contributed by atoms with Gasteiger partial charge in [-0.05, 0) is 57.2 Å². The maximum Gasteiger partial charge on any atom is 0.256 e. The zero-order chi connectivity index (χ0) is 25.1. The molecule has 1 aromatic carbocycles. The first-order valence-electron chi connectivity index (χ1n) is 12.3. The molecular weight excluding hydrogens is 446 g/mol. The second-order valence-corrected chi connectivity index (χ2v) is 9.04. The third-order valence-electron chi connectivity index (χ3n) is 6.87. The van der Waals surface area contributed by atoms with E-state index in [1.54, 1.807) is 19.3 Å². The quantitative estimate of drug-likeness (QED) is 0.499. The minimum absolute atomic E-state index is 0.0564. The number of rotatable bonds is 8. The molecule has 0 unspecified atom stereocenters. The number of amides is 1. The Balaban J connectivity index is 1.77. The molecule has 0 bridgehead atoms. The summed E-state index contributed by atoms with van der Waals surface area (Å²) in [6.07, 6.45) is 4.28. The number of pyridine rings is 1. The SMILES string of the molecule is CCc1c(N(CC)C2CCOCC2)cc2occ(C)c2c1C(=O)NCc1c(OC)cc(C)[nH]c1=O. The van der Waals surface area contributed by atoms with Crippen molar-refractivity contribution in [3.05, 3.63) is 56.7 Å². The number of carbonyl (C=O) groups excluding carboxylic acids is 1. The van der Waals surface area contributed by atoms with Crippen LogP contribution in [0.3, 0.4) is 0 Å². The fraction of sp³-hybridized carbons (Fsp3) is 0.481. The number of carbonyl (C=O) groups is 1. The van der Waals surface area contributed by atoms with Crippen LogP contribution in [0.25, 0.3) is 11.0 Å². The van der Waals surface area contributed by atoms with E-state index in [-0.39, 0.29) is 18.0 Å². The highest BCUT2D eigenvalue weighted by molar-refractivity contribution is 6.10. The number of nitrogens with one attached hydrogen (secondary N) is 2. The normalized spacial score (nSPS) is 14.3. The Morgan fingerprint density at radius 1 is 1.20 bits per heavy atom. The molecule has 188 valence electrons. The lowest BCUT2D eigenvalue weighted by molar-refractivity contribution is 0.0845. The molecule has 1 aliphatic heterocycles. The summed E-state index contributed by atoms with van der Waals surface area (Å²) in [6.45, 7) is 10.3. The number of hydrogen-bond acceptors (Lipinski definition) is 6. The second-order valence-electron chi connectivity index (χ2n) is 9.04. The number of hydrogen-bond donors (Lipinski definition) is 2. The number of aromatic nitrogens is 1. The van der Waals surface area contributed by atoms with Crippen LogP contribution in [0.5, 0.6) is 5.75 Å². The third kappa shape index (κ3) is 4.80. The number of H-pyrrole nitrogens is 1. The van der Waals surface area contributed by atoms with Crippen LogP contribution >= 0.6 is 0 Å². The summed E-state index contributed by atoms with van der Waals surface area (Å²) in [6, 6.07) is 4.18. The zero-order valence-corrected chi connectivity index (χ0v) is 21.2. The van der Waals surface area contributed by atoms with Crippen molar-refractivity contribution in [2.24, 2.45) is 0 Å². The molecule has 1 fully saturated rings. The molecule has 3 aromatic rings. The molecule has 0 aliphatic carbocycles. The molecule has 0 atom stereocenters. The number of anilines is 1. The molecule has 4 rings (SSSR count). The van der Waals surface area contributed by atoms with Crippen molar-refractivity contribution in [1.29, 1.82) is 0 Å². The molecule has 2 aromatic heterocycles. The van der Waals surface area contributed by atoms with Gasteiger partial charge in [-0.3, -0.25) is 9.59 Å². The van der Waals surface area contributed by atoms with Crippen LogP contribution in [0.4, 0.5) is 5.69 Å². The largest absolute Gasteiger partial charge is 0.496 e. The minimum Gasteiger partial charge on any atom is -0.496 e. The maximum absolute atomic E-state index is 13.7. The van der Waals surface area contributed by atoms with Crippen molar-refractivity contribution in [3.8, 4) is 5.75 Å². The first-order chi connectivity index (χ1) is 16.9. The molecule has 3 heterocycles. The molecule has 0 radical (unpaired) electrons. The average Bonchev–Trinajstić information content (AvgIpc) is 3.23. The van der Waals surface area contributed by atoms with Crippen LogP contribution in [0, 0.1) is 13.8 Å². The first-order valence-corrected chi connectivity index (χ1v) is 12.3. The Bertz CT molecular complexity index is 1270. The summed E-state index contributed by atoms with van der Waals surface area (Å²) in [4.78, 5) is 31.5. The van der Waals surface area contributed by atoms with Gasteiger partial charge in [0.05, 0.1) is 31.0 Å². The zero-order valence-electron chi connectivity index (χ0n) is 21.2. The lowest BCUT2D eigenvalue weighted by Crippen LogP contribution is -2.40. The Morgan fingerprint density at radius 2 is 1.94 bits per heavy atom. The van der Waals surface area contributed by atoms with Gasteiger partial charge in [0.25, 0.3) is 11.5 Å². The van der Waals surface area contributed by atoms with Gasteiger partial charge in [0.2, 0.25) is 0 Å². The monoisotopic (exact) mass is 481 g/mol. The van der Waals surface area contributed by atoms with Crippen molar-refractivity contribution in [2.75, 3.05) is 31.8 Å². The van der Waals surface area contributed by atoms with Crippen molar-refractivity contribution >= 4 is 22.6 Å². The van der Waals surface area contributed by atoms with E-state index >= 15 is 0 Å². The van der Waals surface area contributed by atoms with Gasteiger partial charge in [0, 0.05) is 48.6 Å². The predicted octanol–water partition coefficient (Wildman–Crippen LogP) is 4.24. The Kier molecular flexibility index (Phi) is 7.50. The van der Waals surface area contributed by atoms with Gasteiger partial charge in [-0.15, -0.1) is 0 Å². The molecule has 8 nitrogen and oxygen atoms in total. The van der Waals surface area contributed by atoms with E-state index in [2.05, 4.69) is 35.1 Å². The van der Waals surface area contributed by atoms with Crippen LogP contribution in [-0.2, 0) is 17.7 Å². The fourth-order valence-corrected chi connectivity index (χ4v) is 5.16. The number of methoxy groups -OCH3 is 1. The minimum atomic E-state index is -0.270. The Labute approximate surface area is 205 Å². The van der Waals surface area contributed by atoms with Crippen LogP contribution in [-0.4, -0.2) is 43.8 Å². The van der Waals surface area contributed by atoms with Crippen molar-refractivity contribution in [2.45, 2.75) is 59.5 Å². The number of furan rings is 1.